The van der Waals surface area contributed by atoms with Gasteiger partial charge in [-0.15, -0.1) is 0 Å². The van der Waals surface area contributed by atoms with Crippen molar-refractivity contribution in [3.05, 3.63) is 29.3 Å². The van der Waals surface area contributed by atoms with Crippen LogP contribution in [-0.4, -0.2) is 25.5 Å². The minimum Gasteiger partial charge on any atom is -0.317 e. The molecule has 2 aliphatic heterocycles. The topological polar surface area (TPSA) is 32.3 Å². The Morgan fingerprint density at radius 2 is 2.00 bits per heavy atom. The van der Waals surface area contributed by atoms with Gasteiger partial charge in [-0.2, -0.15) is 0 Å². The van der Waals surface area contributed by atoms with Crippen molar-refractivity contribution >= 4 is 11.6 Å². The Morgan fingerprint density at radius 1 is 1.25 bits per heavy atom. The van der Waals surface area contributed by atoms with Gasteiger partial charge in [0.1, 0.15) is 0 Å². The van der Waals surface area contributed by atoms with Gasteiger partial charge < -0.3 is 10.2 Å². The number of benzene rings is 1. The molecule has 1 fully saturated rings. The fourth-order valence-corrected chi connectivity index (χ4v) is 4.28. The summed E-state index contributed by atoms with van der Waals surface area (Å²) in [6.07, 6.45) is 7.85. The van der Waals surface area contributed by atoms with Crippen LogP contribution in [0.25, 0.3) is 0 Å². The normalized spacial score (nSPS) is 18.7. The average Bonchev–Trinajstić information content (AvgIpc) is 2.63. The van der Waals surface area contributed by atoms with E-state index in [4.69, 9.17) is 0 Å². The highest BCUT2D eigenvalue weighted by molar-refractivity contribution is 5.96. The van der Waals surface area contributed by atoms with Crippen molar-refractivity contribution in [1.29, 1.82) is 0 Å². The Balaban J connectivity index is 1.75. The van der Waals surface area contributed by atoms with Crippen LogP contribution in [0.2, 0.25) is 0 Å². The third kappa shape index (κ3) is 3.83. The minimum atomic E-state index is 0.172. The van der Waals surface area contributed by atoms with Crippen LogP contribution in [0.1, 0.15) is 57.1 Å². The Hall–Kier alpha value is -1.35. The van der Waals surface area contributed by atoms with Crippen molar-refractivity contribution in [1.82, 2.24) is 5.32 Å². The zero-order valence-corrected chi connectivity index (χ0v) is 15.3. The lowest BCUT2D eigenvalue weighted by Crippen LogP contribution is -2.39. The van der Waals surface area contributed by atoms with Crippen LogP contribution >= 0.6 is 0 Å². The molecule has 0 spiro atoms. The van der Waals surface area contributed by atoms with Gasteiger partial charge in [-0.3, -0.25) is 4.79 Å². The Labute approximate surface area is 146 Å². The number of carbonyl (C=O) groups excluding carboxylic acids is 1. The second-order valence-electron chi connectivity index (χ2n) is 7.47. The quantitative estimate of drug-likeness (QED) is 0.888. The summed E-state index contributed by atoms with van der Waals surface area (Å²) in [6, 6.07) is 6.86. The molecule has 0 radical (unpaired) electrons. The second kappa shape index (κ2) is 8.15. The van der Waals surface area contributed by atoms with Crippen LogP contribution in [-0.2, 0) is 17.6 Å². The van der Waals surface area contributed by atoms with Crippen molar-refractivity contribution in [3.8, 4) is 0 Å². The molecule has 1 aromatic rings. The molecule has 0 bridgehead atoms. The van der Waals surface area contributed by atoms with Crippen LogP contribution in [0.15, 0.2) is 18.2 Å². The molecular formula is C21H32N2O. The molecule has 0 aliphatic carbocycles. The molecule has 1 amide bonds. The van der Waals surface area contributed by atoms with Gasteiger partial charge in [0, 0.05) is 18.2 Å². The summed E-state index contributed by atoms with van der Waals surface area (Å²) < 4.78 is 0. The lowest BCUT2D eigenvalue weighted by molar-refractivity contribution is -0.122. The molecule has 3 heteroatoms. The van der Waals surface area contributed by atoms with E-state index in [0.29, 0.717) is 5.91 Å². The largest absolute Gasteiger partial charge is 0.317 e. The van der Waals surface area contributed by atoms with E-state index in [2.05, 4.69) is 42.3 Å². The van der Waals surface area contributed by atoms with E-state index in [1.54, 1.807) is 0 Å². The number of aryl methyl sites for hydroxylation is 1. The number of nitrogens with one attached hydrogen (secondary N) is 1. The lowest BCUT2D eigenvalue weighted by Gasteiger charge is -2.32. The van der Waals surface area contributed by atoms with E-state index in [1.807, 2.05) is 0 Å². The van der Waals surface area contributed by atoms with Gasteiger partial charge in [0.05, 0.1) is 0 Å². The van der Waals surface area contributed by atoms with Crippen LogP contribution < -0.4 is 10.2 Å². The fourth-order valence-electron chi connectivity index (χ4n) is 4.28. The fraction of sp³-hybridized carbons (Fsp3) is 0.667. The van der Waals surface area contributed by atoms with Crippen molar-refractivity contribution in [2.75, 3.05) is 24.5 Å². The number of fused-ring (bicyclic) bond motifs is 1. The molecule has 1 aromatic carbocycles. The molecule has 3 rings (SSSR count). The average molecular weight is 329 g/mol. The van der Waals surface area contributed by atoms with Gasteiger partial charge >= 0.3 is 0 Å². The number of hydrogen-bond acceptors (Lipinski definition) is 2. The van der Waals surface area contributed by atoms with Gasteiger partial charge in [0.2, 0.25) is 5.91 Å². The summed E-state index contributed by atoms with van der Waals surface area (Å²) in [7, 11) is 0. The first-order valence-electron chi connectivity index (χ1n) is 9.86. The van der Waals surface area contributed by atoms with Gasteiger partial charge in [0.25, 0.3) is 0 Å². The van der Waals surface area contributed by atoms with Crippen LogP contribution in [0, 0.1) is 11.8 Å². The van der Waals surface area contributed by atoms with Gasteiger partial charge in [0.15, 0.2) is 0 Å². The van der Waals surface area contributed by atoms with Gasteiger partial charge in [-0.1, -0.05) is 26.0 Å². The van der Waals surface area contributed by atoms with Crippen LogP contribution in [0.3, 0.4) is 0 Å². The van der Waals surface area contributed by atoms with Gasteiger partial charge in [-0.05, 0) is 81.1 Å². The number of carbonyl (C=O) groups is 1. The number of piperidine rings is 1. The Kier molecular flexibility index (Phi) is 5.94. The number of rotatable bonds is 5. The number of hydrogen-bond donors (Lipinski definition) is 1. The van der Waals surface area contributed by atoms with Crippen molar-refractivity contribution in [2.24, 2.45) is 11.8 Å². The standard InChI is InChI=1S/C21H32N2O/c1-3-18(4-2)21(24)23-13-5-6-19-15-17(7-8-20(19)23)14-16-9-11-22-12-10-16/h7-8,15-16,18,22H,3-6,9-14H2,1-2H3. The smallest absolute Gasteiger partial charge is 0.230 e. The zero-order chi connectivity index (χ0) is 16.9. The van der Waals surface area contributed by atoms with Crippen LogP contribution in [0.4, 0.5) is 5.69 Å². The maximum atomic E-state index is 12.8. The summed E-state index contributed by atoms with van der Waals surface area (Å²) in [5, 5.41) is 3.45. The molecule has 0 atom stereocenters. The Morgan fingerprint density at radius 3 is 2.71 bits per heavy atom. The molecule has 3 nitrogen and oxygen atoms in total. The molecule has 24 heavy (non-hydrogen) atoms. The van der Waals surface area contributed by atoms with Crippen molar-refractivity contribution in [2.45, 2.75) is 58.8 Å². The first-order valence-corrected chi connectivity index (χ1v) is 9.86. The first-order chi connectivity index (χ1) is 11.7. The predicted molar refractivity (Wildman–Crippen MR) is 100 cm³/mol. The summed E-state index contributed by atoms with van der Waals surface area (Å²) >= 11 is 0. The Bertz CT molecular complexity index is 559. The number of nitrogens with zero attached hydrogens (tertiary/aromatic N) is 1. The summed E-state index contributed by atoms with van der Waals surface area (Å²) in [5.41, 5.74) is 4.01. The number of amides is 1. The highest BCUT2D eigenvalue weighted by atomic mass is 16.2. The second-order valence-corrected chi connectivity index (χ2v) is 7.47. The maximum absolute atomic E-state index is 12.8. The molecular weight excluding hydrogens is 296 g/mol. The third-order valence-electron chi connectivity index (χ3n) is 5.85. The highest BCUT2D eigenvalue weighted by Gasteiger charge is 2.27. The predicted octanol–water partition coefficient (Wildman–Crippen LogP) is 3.94. The monoisotopic (exact) mass is 328 g/mol. The molecule has 132 valence electrons. The van der Waals surface area contributed by atoms with E-state index in [-0.39, 0.29) is 5.92 Å². The summed E-state index contributed by atoms with van der Waals surface area (Å²) in [4.78, 5) is 14.9. The SMILES string of the molecule is CCC(CC)C(=O)N1CCCc2cc(CC3CCNCC3)ccc21. The van der Waals surface area contributed by atoms with E-state index in [1.165, 1.54) is 36.1 Å². The zero-order valence-electron chi connectivity index (χ0n) is 15.3. The van der Waals surface area contributed by atoms with Crippen molar-refractivity contribution in [3.63, 3.8) is 0 Å². The third-order valence-corrected chi connectivity index (χ3v) is 5.85. The van der Waals surface area contributed by atoms with Crippen molar-refractivity contribution < 1.29 is 4.79 Å². The van der Waals surface area contributed by atoms with Gasteiger partial charge in [-0.25, -0.2) is 0 Å². The molecule has 0 saturated carbocycles. The molecule has 2 aliphatic rings. The van der Waals surface area contributed by atoms with Crippen LogP contribution in [0.5, 0.6) is 0 Å². The number of anilines is 1. The lowest BCUT2D eigenvalue weighted by atomic mass is 9.89. The molecule has 0 unspecified atom stereocenters. The first kappa shape index (κ1) is 17.5. The van der Waals surface area contributed by atoms with E-state index in [9.17, 15) is 4.79 Å². The highest BCUT2D eigenvalue weighted by Crippen LogP contribution is 2.31. The molecule has 2 heterocycles. The minimum absolute atomic E-state index is 0.172. The molecule has 1 N–H and O–H groups in total. The van der Waals surface area contributed by atoms with E-state index >= 15 is 0 Å². The van der Waals surface area contributed by atoms with E-state index in [0.717, 1.165) is 51.2 Å². The summed E-state index contributed by atoms with van der Waals surface area (Å²) in [6.45, 7) is 7.45. The molecule has 0 aromatic heterocycles. The maximum Gasteiger partial charge on any atom is 0.230 e. The van der Waals surface area contributed by atoms with E-state index < -0.39 is 0 Å². The molecule has 1 saturated heterocycles. The summed E-state index contributed by atoms with van der Waals surface area (Å²) in [5.74, 6) is 1.31.